The van der Waals surface area contributed by atoms with Gasteiger partial charge in [0.05, 0.1) is 6.10 Å². The average Bonchev–Trinajstić information content (AvgIpc) is 3.15. The second-order valence-electron chi connectivity index (χ2n) is 6.17. The number of nitrogens with one attached hydrogen (secondary N) is 2. The van der Waals surface area contributed by atoms with E-state index in [9.17, 15) is 0 Å². The van der Waals surface area contributed by atoms with Crippen molar-refractivity contribution in [3.8, 4) is 5.75 Å². The van der Waals surface area contributed by atoms with Gasteiger partial charge in [-0.05, 0) is 37.7 Å². The van der Waals surface area contributed by atoms with Crippen LogP contribution >= 0.6 is 24.0 Å². The molecule has 3 rings (SSSR count). The van der Waals surface area contributed by atoms with Crippen LogP contribution in [-0.2, 0) is 6.54 Å². The highest BCUT2D eigenvalue weighted by Gasteiger charge is 2.33. The van der Waals surface area contributed by atoms with Crippen LogP contribution < -0.4 is 15.4 Å². The summed E-state index contributed by atoms with van der Waals surface area (Å²) in [7, 11) is 1.82. The maximum atomic E-state index is 6.06. The number of hydrogen-bond donors (Lipinski definition) is 2. The normalized spacial score (nSPS) is 24.0. The Balaban J connectivity index is 0.00000176. The van der Waals surface area contributed by atoms with Gasteiger partial charge in [0.25, 0.3) is 0 Å². The minimum atomic E-state index is 0. The molecule has 2 aliphatic carbocycles. The van der Waals surface area contributed by atoms with Crippen LogP contribution in [-0.4, -0.2) is 25.2 Å². The zero-order valence-corrected chi connectivity index (χ0v) is 15.7. The maximum Gasteiger partial charge on any atom is 0.191 e. The molecule has 4 nitrogen and oxygen atoms in total. The van der Waals surface area contributed by atoms with E-state index in [0.29, 0.717) is 12.1 Å². The van der Waals surface area contributed by atoms with Crippen LogP contribution in [0.3, 0.4) is 0 Å². The van der Waals surface area contributed by atoms with Gasteiger partial charge in [-0.2, -0.15) is 0 Å². The molecule has 22 heavy (non-hydrogen) atoms. The van der Waals surface area contributed by atoms with Gasteiger partial charge in [-0.25, -0.2) is 0 Å². The standard InChI is InChI=1S/C17H25N3O.HI/c1-12-10-15(12)20-17(18-2)19-11-13-6-3-4-9-16(13)21-14-7-5-8-14;/h3-4,6,9,12,14-15H,5,7-8,10-11H2,1-2H3,(H2,18,19,20);1H. The fourth-order valence-corrected chi connectivity index (χ4v) is 2.51. The largest absolute Gasteiger partial charge is 0.490 e. The molecule has 2 atom stereocenters. The molecule has 122 valence electrons. The highest BCUT2D eigenvalue weighted by molar-refractivity contribution is 14.0. The number of nitrogens with zero attached hydrogens (tertiary/aromatic N) is 1. The third-order valence-corrected chi connectivity index (χ3v) is 4.42. The van der Waals surface area contributed by atoms with Crippen LogP contribution in [0, 0.1) is 5.92 Å². The van der Waals surface area contributed by atoms with Crippen molar-refractivity contribution in [2.24, 2.45) is 10.9 Å². The highest BCUT2D eigenvalue weighted by Crippen LogP contribution is 2.29. The van der Waals surface area contributed by atoms with E-state index in [2.05, 4.69) is 40.7 Å². The lowest BCUT2D eigenvalue weighted by atomic mass is 9.96. The van der Waals surface area contributed by atoms with Gasteiger partial charge >= 0.3 is 0 Å². The summed E-state index contributed by atoms with van der Waals surface area (Å²) in [5, 5.41) is 6.83. The molecule has 0 aliphatic heterocycles. The van der Waals surface area contributed by atoms with Crippen molar-refractivity contribution in [3.63, 3.8) is 0 Å². The molecular formula is C17H26IN3O. The average molecular weight is 415 g/mol. The van der Waals surface area contributed by atoms with Crippen molar-refractivity contribution in [2.75, 3.05) is 7.05 Å². The van der Waals surface area contributed by atoms with Gasteiger partial charge in [-0.15, -0.1) is 24.0 Å². The molecule has 0 spiro atoms. The molecule has 0 radical (unpaired) electrons. The minimum absolute atomic E-state index is 0. The Kier molecular flexibility index (Phi) is 6.35. The first-order valence-electron chi connectivity index (χ1n) is 7.98. The lowest BCUT2D eigenvalue weighted by Gasteiger charge is -2.27. The summed E-state index contributed by atoms with van der Waals surface area (Å²) in [4.78, 5) is 4.29. The summed E-state index contributed by atoms with van der Waals surface area (Å²) in [6.07, 6.45) is 5.31. The maximum absolute atomic E-state index is 6.06. The molecule has 0 heterocycles. The first-order valence-corrected chi connectivity index (χ1v) is 7.98. The summed E-state index contributed by atoms with van der Waals surface area (Å²) >= 11 is 0. The fraction of sp³-hybridized carbons (Fsp3) is 0.588. The van der Waals surface area contributed by atoms with E-state index < -0.39 is 0 Å². The van der Waals surface area contributed by atoms with Crippen molar-refractivity contribution in [2.45, 2.75) is 51.3 Å². The van der Waals surface area contributed by atoms with E-state index in [1.807, 2.05) is 13.1 Å². The van der Waals surface area contributed by atoms with Crippen LogP contribution in [0.2, 0.25) is 0 Å². The van der Waals surface area contributed by atoms with E-state index in [4.69, 9.17) is 4.74 Å². The predicted octanol–water partition coefficient (Wildman–Crippen LogP) is 3.31. The van der Waals surface area contributed by atoms with E-state index in [1.165, 1.54) is 31.2 Å². The van der Waals surface area contributed by atoms with Crippen LogP contribution in [0.5, 0.6) is 5.75 Å². The monoisotopic (exact) mass is 415 g/mol. The molecule has 2 unspecified atom stereocenters. The molecule has 1 aromatic carbocycles. The lowest BCUT2D eigenvalue weighted by Crippen LogP contribution is -2.38. The summed E-state index contributed by atoms with van der Waals surface area (Å²) in [5.74, 6) is 2.64. The van der Waals surface area contributed by atoms with Crippen LogP contribution in [0.4, 0.5) is 0 Å². The summed E-state index contributed by atoms with van der Waals surface area (Å²) < 4.78 is 6.06. The lowest BCUT2D eigenvalue weighted by molar-refractivity contribution is 0.119. The quantitative estimate of drug-likeness (QED) is 0.441. The van der Waals surface area contributed by atoms with Crippen molar-refractivity contribution in [1.29, 1.82) is 0 Å². The molecule has 0 amide bonds. The molecule has 0 bridgehead atoms. The Morgan fingerprint density at radius 1 is 1.32 bits per heavy atom. The Morgan fingerprint density at radius 3 is 2.64 bits per heavy atom. The topological polar surface area (TPSA) is 45.7 Å². The third kappa shape index (κ3) is 4.51. The number of aliphatic imine (C=N–C) groups is 1. The number of halogens is 1. The van der Waals surface area contributed by atoms with Gasteiger partial charge in [-0.1, -0.05) is 25.1 Å². The summed E-state index contributed by atoms with van der Waals surface area (Å²) in [6, 6.07) is 8.86. The molecule has 2 fully saturated rings. The van der Waals surface area contributed by atoms with Gasteiger partial charge in [0.1, 0.15) is 5.75 Å². The van der Waals surface area contributed by atoms with E-state index in [0.717, 1.165) is 24.2 Å². The minimum Gasteiger partial charge on any atom is -0.490 e. The molecule has 2 saturated carbocycles. The van der Waals surface area contributed by atoms with Gasteiger partial charge in [0, 0.05) is 25.2 Å². The number of hydrogen-bond acceptors (Lipinski definition) is 2. The summed E-state index contributed by atoms with van der Waals surface area (Å²) in [6.45, 7) is 3.00. The number of benzene rings is 1. The van der Waals surface area contributed by atoms with Gasteiger partial charge in [0.15, 0.2) is 5.96 Å². The van der Waals surface area contributed by atoms with Crippen molar-refractivity contribution in [1.82, 2.24) is 10.6 Å². The first-order chi connectivity index (χ1) is 10.3. The van der Waals surface area contributed by atoms with Gasteiger partial charge in [0.2, 0.25) is 0 Å². The third-order valence-electron chi connectivity index (χ3n) is 4.42. The smallest absolute Gasteiger partial charge is 0.191 e. The van der Waals surface area contributed by atoms with Gasteiger partial charge < -0.3 is 15.4 Å². The molecule has 0 saturated heterocycles. The molecule has 1 aromatic rings. The number of para-hydroxylation sites is 1. The Hall–Kier alpha value is -0.980. The zero-order chi connectivity index (χ0) is 14.7. The first kappa shape index (κ1) is 17.4. The van der Waals surface area contributed by atoms with Crippen molar-refractivity contribution in [3.05, 3.63) is 29.8 Å². The fourth-order valence-electron chi connectivity index (χ4n) is 2.51. The van der Waals surface area contributed by atoms with Crippen LogP contribution in [0.1, 0.15) is 38.2 Å². The SMILES string of the molecule is CN=C(NCc1ccccc1OC1CCC1)NC1CC1C.I. The van der Waals surface area contributed by atoms with Crippen LogP contribution in [0.25, 0.3) is 0 Å². The Morgan fingerprint density at radius 2 is 2.05 bits per heavy atom. The second kappa shape index (κ2) is 8.04. The van der Waals surface area contributed by atoms with Gasteiger partial charge in [-0.3, -0.25) is 4.99 Å². The number of ether oxygens (including phenoxy) is 1. The van der Waals surface area contributed by atoms with Crippen molar-refractivity contribution < 1.29 is 4.74 Å². The molecule has 2 N–H and O–H groups in total. The van der Waals surface area contributed by atoms with Crippen molar-refractivity contribution >= 4 is 29.9 Å². The van der Waals surface area contributed by atoms with Crippen LogP contribution in [0.15, 0.2) is 29.3 Å². The number of rotatable bonds is 5. The molecule has 5 heteroatoms. The number of guanidine groups is 1. The predicted molar refractivity (Wildman–Crippen MR) is 101 cm³/mol. The summed E-state index contributed by atoms with van der Waals surface area (Å²) in [5.41, 5.74) is 1.19. The molecule has 0 aromatic heterocycles. The Bertz CT molecular complexity index is 516. The highest BCUT2D eigenvalue weighted by atomic mass is 127. The molecular weight excluding hydrogens is 389 g/mol. The molecule has 2 aliphatic rings. The van der Waals surface area contributed by atoms with E-state index >= 15 is 0 Å². The Labute approximate surface area is 150 Å². The zero-order valence-electron chi connectivity index (χ0n) is 13.3. The van der Waals surface area contributed by atoms with E-state index in [-0.39, 0.29) is 24.0 Å². The second-order valence-corrected chi connectivity index (χ2v) is 6.17. The van der Waals surface area contributed by atoms with E-state index in [1.54, 1.807) is 0 Å².